The van der Waals surface area contributed by atoms with E-state index in [9.17, 15) is 0 Å². The van der Waals surface area contributed by atoms with Gasteiger partial charge in [0.15, 0.2) is 17.5 Å². The molecule has 3 rings (SSSR count). The van der Waals surface area contributed by atoms with Crippen LogP contribution in [-0.4, -0.2) is 31.7 Å². The van der Waals surface area contributed by atoms with Gasteiger partial charge in [0.2, 0.25) is 6.79 Å². The van der Waals surface area contributed by atoms with E-state index < -0.39 is 0 Å². The Morgan fingerprint density at radius 3 is 2.61 bits per heavy atom. The van der Waals surface area contributed by atoms with Crippen LogP contribution in [0.4, 0.5) is 0 Å². The molecule has 2 aromatic carbocycles. The lowest BCUT2D eigenvalue weighted by atomic mass is 10.2. The third-order valence-electron chi connectivity index (χ3n) is 3.57. The Balaban J connectivity index is 1.64. The molecule has 0 aromatic heterocycles. The molecule has 1 heterocycles. The molecule has 1 N–H and O–H groups in total. The van der Waals surface area contributed by atoms with Crippen LogP contribution in [0.1, 0.15) is 11.1 Å². The average Bonchev–Trinajstić information content (AvgIpc) is 3.03. The van der Waals surface area contributed by atoms with Crippen LogP contribution in [0.2, 0.25) is 0 Å². The average molecular weight is 311 g/mol. The molecule has 2 aromatic rings. The third kappa shape index (κ3) is 3.94. The van der Waals surface area contributed by atoms with Crippen molar-refractivity contribution in [3.8, 4) is 11.5 Å². The van der Waals surface area contributed by atoms with Crippen molar-refractivity contribution in [2.45, 2.75) is 13.1 Å². The van der Waals surface area contributed by atoms with E-state index in [-0.39, 0.29) is 0 Å². The molecule has 0 aliphatic carbocycles. The smallest absolute Gasteiger partial charge is 0.231 e. The van der Waals surface area contributed by atoms with Crippen LogP contribution in [0.15, 0.2) is 53.5 Å². The molecule has 0 amide bonds. The number of nitrogens with one attached hydrogen (secondary N) is 1. The fourth-order valence-corrected chi connectivity index (χ4v) is 2.34. The Morgan fingerprint density at radius 1 is 1.04 bits per heavy atom. The first-order chi connectivity index (χ1) is 11.2. The van der Waals surface area contributed by atoms with Crippen molar-refractivity contribution in [2.24, 2.45) is 4.99 Å². The zero-order valence-electron chi connectivity index (χ0n) is 13.5. The second-order valence-electron chi connectivity index (χ2n) is 5.56. The maximum absolute atomic E-state index is 5.40. The number of benzene rings is 2. The lowest BCUT2D eigenvalue weighted by molar-refractivity contribution is 0.174. The summed E-state index contributed by atoms with van der Waals surface area (Å²) >= 11 is 0. The standard InChI is InChI=1S/C18H21N3O2/c1-21(2)18(19-11-14-6-4-3-5-7-14)20-12-15-8-9-16-17(10-15)23-13-22-16/h3-10H,11-13H2,1-2H3,(H,19,20). The van der Waals surface area contributed by atoms with E-state index in [0.717, 1.165) is 29.6 Å². The molecule has 0 radical (unpaired) electrons. The molecule has 23 heavy (non-hydrogen) atoms. The highest BCUT2D eigenvalue weighted by Gasteiger charge is 2.13. The Bertz CT molecular complexity index is 684. The Hall–Kier alpha value is -2.69. The summed E-state index contributed by atoms with van der Waals surface area (Å²) < 4.78 is 10.7. The van der Waals surface area contributed by atoms with Gasteiger partial charge in [-0.15, -0.1) is 0 Å². The van der Waals surface area contributed by atoms with Crippen LogP contribution in [0, 0.1) is 0 Å². The van der Waals surface area contributed by atoms with Crippen molar-refractivity contribution in [1.29, 1.82) is 0 Å². The number of aliphatic imine (C=N–C) groups is 1. The topological polar surface area (TPSA) is 46.1 Å². The molecule has 1 aliphatic heterocycles. The molecule has 0 unspecified atom stereocenters. The fourth-order valence-electron chi connectivity index (χ4n) is 2.34. The zero-order valence-corrected chi connectivity index (χ0v) is 13.5. The Labute approximate surface area is 136 Å². The van der Waals surface area contributed by atoms with E-state index in [0.29, 0.717) is 13.3 Å². The second-order valence-corrected chi connectivity index (χ2v) is 5.56. The number of guanidine groups is 1. The zero-order chi connectivity index (χ0) is 16.1. The van der Waals surface area contributed by atoms with Gasteiger partial charge < -0.3 is 19.7 Å². The number of hydrogen-bond acceptors (Lipinski definition) is 3. The molecule has 0 fully saturated rings. The van der Waals surface area contributed by atoms with Crippen molar-refractivity contribution in [3.63, 3.8) is 0 Å². The summed E-state index contributed by atoms with van der Waals surface area (Å²) in [5.74, 6) is 2.45. The van der Waals surface area contributed by atoms with Gasteiger partial charge in [0.05, 0.1) is 6.54 Å². The molecule has 120 valence electrons. The summed E-state index contributed by atoms with van der Waals surface area (Å²) in [6.07, 6.45) is 0. The normalized spacial score (nSPS) is 13.0. The van der Waals surface area contributed by atoms with Gasteiger partial charge in [-0.3, -0.25) is 0 Å². The highest BCUT2D eigenvalue weighted by molar-refractivity contribution is 5.79. The van der Waals surface area contributed by atoms with E-state index in [1.54, 1.807) is 0 Å². The maximum atomic E-state index is 5.40. The second kappa shape index (κ2) is 7.05. The van der Waals surface area contributed by atoms with Gasteiger partial charge in [0, 0.05) is 20.6 Å². The minimum atomic E-state index is 0.295. The van der Waals surface area contributed by atoms with E-state index in [1.165, 1.54) is 5.56 Å². The van der Waals surface area contributed by atoms with Crippen molar-refractivity contribution < 1.29 is 9.47 Å². The monoisotopic (exact) mass is 311 g/mol. The van der Waals surface area contributed by atoms with Crippen LogP contribution < -0.4 is 14.8 Å². The summed E-state index contributed by atoms with van der Waals surface area (Å²) in [7, 11) is 3.97. The molecule has 0 bridgehead atoms. The lowest BCUT2D eigenvalue weighted by Crippen LogP contribution is -2.36. The van der Waals surface area contributed by atoms with Gasteiger partial charge in [0.25, 0.3) is 0 Å². The number of rotatable bonds is 4. The van der Waals surface area contributed by atoms with E-state index >= 15 is 0 Å². The summed E-state index contributed by atoms with van der Waals surface area (Å²) in [6.45, 7) is 1.63. The Kier molecular flexibility index (Phi) is 4.66. The maximum Gasteiger partial charge on any atom is 0.231 e. The fraction of sp³-hybridized carbons (Fsp3) is 0.278. The van der Waals surface area contributed by atoms with Gasteiger partial charge >= 0.3 is 0 Å². The molecule has 0 saturated heterocycles. The van der Waals surface area contributed by atoms with Crippen molar-refractivity contribution in [3.05, 3.63) is 59.7 Å². The molecule has 0 saturated carbocycles. The molecule has 0 spiro atoms. The quantitative estimate of drug-likeness (QED) is 0.696. The highest BCUT2D eigenvalue weighted by Crippen LogP contribution is 2.32. The van der Waals surface area contributed by atoms with Gasteiger partial charge in [-0.05, 0) is 23.3 Å². The van der Waals surface area contributed by atoms with Gasteiger partial charge in [-0.25, -0.2) is 4.99 Å². The van der Waals surface area contributed by atoms with Gasteiger partial charge in [-0.1, -0.05) is 36.4 Å². The molecule has 5 nitrogen and oxygen atoms in total. The van der Waals surface area contributed by atoms with Crippen LogP contribution in [0.25, 0.3) is 0 Å². The van der Waals surface area contributed by atoms with E-state index in [1.807, 2.05) is 55.4 Å². The first-order valence-electron chi connectivity index (χ1n) is 7.60. The van der Waals surface area contributed by atoms with Crippen LogP contribution >= 0.6 is 0 Å². The minimum absolute atomic E-state index is 0.295. The number of nitrogens with zero attached hydrogens (tertiary/aromatic N) is 2. The Morgan fingerprint density at radius 2 is 1.83 bits per heavy atom. The van der Waals surface area contributed by atoms with E-state index in [2.05, 4.69) is 22.4 Å². The summed E-state index contributed by atoms with van der Waals surface area (Å²) in [5, 5.41) is 3.38. The van der Waals surface area contributed by atoms with Gasteiger partial charge in [0.1, 0.15) is 0 Å². The first kappa shape index (κ1) is 15.2. The molecular weight excluding hydrogens is 290 g/mol. The van der Waals surface area contributed by atoms with Crippen molar-refractivity contribution in [2.75, 3.05) is 20.9 Å². The molecule has 0 atom stereocenters. The first-order valence-corrected chi connectivity index (χ1v) is 7.60. The lowest BCUT2D eigenvalue weighted by Gasteiger charge is -2.17. The summed E-state index contributed by atoms with van der Waals surface area (Å²) in [4.78, 5) is 6.65. The van der Waals surface area contributed by atoms with Crippen LogP contribution in [0.3, 0.4) is 0 Å². The molecule has 5 heteroatoms. The highest BCUT2D eigenvalue weighted by atomic mass is 16.7. The predicted molar refractivity (Wildman–Crippen MR) is 90.7 cm³/mol. The number of ether oxygens (including phenoxy) is 2. The largest absolute Gasteiger partial charge is 0.454 e. The third-order valence-corrected chi connectivity index (χ3v) is 3.57. The van der Waals surface area contributed by atoms with Crippen LogP contribution in [-0.2, 0) is 13.1 Å². The van der Waals surface area contributed by atoms with Crippen LogP contribution in [0.5, 0.6) is 11.5 Å². The van der Waals surface area contributed by atoms with Crippen molar-refractivity contribution >= 4 is 5.96 Å². The minimum Gasteiger partial charge on any atom is -0.454 e. The van der Waals surface area contributed by atoms with E-state index in [4.69, 9.17) is 9.47 Å². The number of hydrogen-bond donors (Lipinski definition) is 1. The molecule has 1 aliphatic rings. The predicted octanol–water partition coefficient (Wildman–Crippen LogP) is 2.62. The summed E-state index contributed by atoms with van der Waals surface area (Å²) in [5.41, 5.74) is 2.32. The number of fused-ring (bicyclic) bond motifs is 1. The van der Waals surface area contributed by atoms with Gasteiger partial charge in [-0.2, -0.15) is 0 Å². The van der Waals surface area contributed by atoms with Crippen molar-refractivity contribution in [1.82, 2.24) is 10.2 Å². The summed E-state index contributed by atoms with van der Waals surface area (Å²) in [6, 6.07) is 16.2. The molecular formula is C18H21N3O2. The SMILES string of the molecule is CN(C)C(=NCc1ccc2c(c1)OCO2)NCc1ccccc1.